The molecule has 8 nitrogen and oxygen atoms in total. The van der Waals surface area contributed by atoms with E-state index in [1.807, 2.05) is 33.0 Å². The summed E-state index contributed by atoms with van der Waals surface area (Å²) < 4.78 is 34.7. The molecule has 154 valence electrons. The number of hydrogen-bond acceptors (Lipinski definition) is 7. The standard InChI is InChI=1S/C17H34N2O6S/c1-8-9-10-26(22,23)11-17(6,7)25-15(21)19-14(20)13(18)12(2)24-16(3,4)5/h12-13H,8-11,18H2,1-7H3,(H,19,20,21)/t12-,13+/m1/s1. The number of carbonyl (C=O) groups is 2. The molecule has 0 saturated carbocycles. The Morgan fingerprint density at radius 3 is 2.15 bits per heavy atom. The van der Waals surface area contributed by atoms with Gasteiger partial charge in [0.15, 0.2) is 9.84 Å². The molecule has 2 atom stereocenters. The second kappa shape index (κ2) is 9.66. The summed E-state index contributed by atoms with van der Waals surface area (Å²) in [4.78, 5) is 24.0. The lowest BCUT2D eigenvalue weighted by molar-refractivity contribution is -0.129. The van der Waals surface area contributed by atoms with Crippen molar-refractivity contribution in [2.24, 2.45) is 5.73 Å². The van der Waals surface area contributed by atoms with E-state index in [-0.39, 0.29) is 11.5 Å². The average Bonchev–Trinajstić information content (AvgIpc) is 2.40. The van der Waals surface area contributed by atoms with Crippen molar-refractivity contribution < 1.29 is 27.5 Å². The molecule has 9 heteroatoms. The molecular weight excluding hydrogens is 360 g/mol. The van der Waals surface area contributed by atoms with Crippen LogP contribution in [0.5, 0.6) is 0 Å². The summed E-state index contributed by atoms with van der Waals surface area (Å²) in [6, 6.07) is -1.07. The maximum atomic E-state index is 12.1. The Morgan fingerprint density at radius 1 is 1.15 bits per heavy atom. The van der Waals surface area contributed by atoms with Crippen LogP contribution in [0, 0.1) is 0 Å². The van der Waals surface area contributed by atoms with Crippen molar-refractivity contribution in [2.45, 2.75) is 84.7 Å². The summed E-state index contributed by atoms with van der Waals surface area (Å²) >= 11 is 0. The van der Waals surface area contributed by atoms with Crippen molar-refractivity contribution in [3.63, 3.8) is 0 Å². The molecule has 0 aliphatic carbocycles. The second-order valence-electron chi connectivity index (χ2n) is 8.05. The van der Waals surface area contributed by atoms with Gasteiger partial charge in [0.1, 0.15) is 11.6 Å². The van der Waals surface area contributed by atoms with Crippen LogP contribution in [0.25, 0.3) is 0 Å². The summed E-state index contributed by atoms with van der Waals surface area (Å²) in [5.74, 6) is -1.04. The number of ether oxygens (including phenoxy) is 2. The molecule has 0 saturated heterocycles. The summed E-state index contributed by atoms with van der Waals surface area (Å²) in [6.07, 6.45) is -0.361. The number of hydrogen-bond donors (Lipinski definition) is 2. The van der Waals surface area contributed by atoms with Crippen molar-refractivity contribution in [1.29, 1.82) is 0 Å². The predicted molar refractivity (Wildman–Crippen MR) is 101 cm³/mol. The van der Waals surface area contributed by atoms with Gasteiger partial charge in [-0.2, -0.15) is 0 Å². The van der Waals surface area contributed by atoms with Crippen LogP contribution in [0.3, 0.4) is 0 Å². The van der Waals surface area contributed by atoms with E-state index in [2.05, 4.69) is 0 Å². The molecule has 0 bridgehead atoms. The summed E-state index contributed by atoms with van der Waals surface area (Å²) in [6.45, 7) is 11.9. The lowest BCUT2D eigenvalue weighted by Crippen LogP contribution is -2.52. The van der Waals surface area contributed by atoms with Crippen LogP contribution >= 0.6 is 0 Å². The molecule has 3 N–H and O–H groups in total. The lowest BCUT2D eigenvalue weighted by Gasteiger charge is -2.28. The fourth-order valence-electron chi connectivity index (χ4n) is 2.30. The number of sulfone groups is 1. The van der Waals surface area contributed by atoms with Crippen LogP contribution in [0.2, 0.25) is 0 Å². The molecule has 0 aromatic carbocycles. The van der Waals surface area contributed by atoms with Gasteiger partial charge in [-0.3, -0.25) is 10.1 Å². The Labute approximate surface area is 157 Å². The second-order valence-corrected chi connectivity index (χ2v) is 10.2. The van der Waals surface area contributed by atoms with Crippen molar-refractivity contribution >= 4 is 21.8 Å². The van der Waals surface area contributed by atoms with E-state index in [4.69, 9.17) is 15.2 Å². The molecule has 0 aromatic rings. The maximum absolute atomic E-state index is 12.1. The Kier molecular flexibility index (Phi) is 9.22. The summed E-state index contributed by atoms with van der Waals surface area (Å²) in [5.41, 5.74) is 4.03. The van der Waals surface area contributed by atoms with Crippen LogP contribution in [0.1, 0.15) is 61.3 Å². The summed E-state index contributed by atoms with van der Waals surface area (Å²) in [5, 5.41) is 2.03. The third-order valence-electron chi connectivity index (χ3n) is 3.32. The first-order valence-electron chi connectivity index (χ1n) is 8.76. The van der Waals surface area contributed by atoms with E-state index in [1.54, 1.807) is 6.92 Å². The van der Waals surface area contributed by atoms with Gasteiger partial charge in [-0.15, -0.1) is 0 Å². The fraction of sp³-hybridized carbons (Fsp3) is 0.882. The monoisotopic (exact) mass is 394 g/mol. The van der Waals surface area contributed by atoms with Crippen molar-refractivity contribution in [2.75, 3.05) is 11.5 Å². The van der Waals surface area contributed by atoms with Gasteiger partial charge in [0.2, 0.25) is 5.91 Å². The molecule has 0 aromatic heterocycles. The Balaban J connectivity index is 4.69. The number of imide groups is 1. The zero-order valence-electron chi connectivity index (χ0n) is 16.9. The van der Waals surface area contributed by atoms with Crippen molar-refractivity contribution in [3.05, 3.63) is 0 Å². The minimum Gasteiger partial charge on any atom is -0.442 e. The topological polar surface area (TPSA) is 125 Å². The highest BCUT2D eigenvalue weighted by Crippen LogP contribution is 2.15. The van der Waals surface area contributed by atoms with Crippen LogP contribution < -0.4 is 11.1 Å². The highest BCUT2D eigenvalue weighted by molar-refractivity contribution is 7.91. The average molecular weight is 395 g/mol. The SMILES string of the molecule is CCCCS(=O)(=O)CC(C)(C)OC(=O)NC(=O)[C@@H](N)[C@@H](C)OC(C)(C)C. The molecule has 0 heterocycles. The zero-order chi connectivity index (χ0) is 20.8. The molecule has 0 aliphatic rings. The largest absolute Gasteiger partial charge is 0.442 e. The number of carbonyl (C=O) groups excluding carboxylic acids is 2. The molecule has 26 heavy (non-hydrogen) atoms. The van der Waals surface area contributed by atoms with Crippen molar-refractivity contribution in [1.82, 2.24) is 5.32 Å². The van der Waals surface area contributed by atoms with Crippen LogP contribution in [-0.2, 0) is 24.1 Å². The third-order valence-corrected chi connectivity index (χ3v) is 5.36. The van der Waals surface area contributed by atoms with E-state index < -0.39 is 45.2 Å². The van der Waals surface area contributed by atoms with Gasteiger partial charge in [-0.05, 0) is 48.0 Å². The van der Waals surface area contributed by atoms with E-state index in [9.17, 15) is 18.0 Å². The highest BCUT2D eigenvalue weighted by Gasteiger charge is 2.32. The molecule has 0 spiro atoms. The normalized spacial score (nSPS) is 15.2. The summed E-state index contributed by atoms with van der Waals surface area (Å²) in [7, 11) is -3.36. The van der Waals surface area contributed by atoms with Crippen LogP contribution in [0.4, 0.5) is 4.79 Å². The minimum absolute atomic E-state index is 0.0311. The Hall–Kier alpha value is -1.19. The molecule has 0 fully saturated rings. The number of nitrogens with one attached hydrogen (secondary N) is 1. The first-order valence-corrected chi connectivity index (χ1v) is 10.6. The number of alkyl carbamates (subject to hydrolysis) is 1. The van der Waals surface area contributed by atoms with Gasteiger partial charge in [0.05, 0.1) is 23.2 Å². The quantitative estimate of drug-likeness (QED) is 0.610. The number of nitrogens with two attached hydrogens (primary N) is 1. The lowest BCUT2D eigenvalue weighted by atomic mass is 10.1. The number of amides is 2. The molecule has 0 aliphatic heterocycles. The Morgan fingerprint density at radius 2 is 1.69 bits per heavy atom. The van der Waals surface area contributed by atoms with Gasteiger partial charge < -0.3 is 15.2 Å². The number of rotatable bonds is 9. The van der Waals surface area contributed by atoms with Crippen LogP contribution in [-0.4, -0.2) is 55.3 Å². The van der Waals surface area contributed by atoms with Gasteiger partial charge in [0, 0.05) is 0 Å². The maximum Gasteiger partial charge on any atom is 0.414 e. The van der Waals surface area contributed by atoms with Gasteiger partial charge >= 0.3 is 6.09 Å². The van der Waals surface area contributed by atoms with E-state index in [0.717, 1.165) is 6.42 Å². The Bertz CT molecular complexity index is 581. The molecule has 0 unspecified atom stereocenters. The number of unbranched alkanes of at least 4 members (excludes halogenated alkanes) is 1. The van der Waals surface area contributed by atoms with Gasteiger partial charge in [0.25, 0.3) is 0 Å². The molecule has 0 rings (SSSR count). The van der Waals surface area contributed by atoms with Gasteiger partial charge in [-0.1, -0.05) is 13.3 Å². The predicted octanol–water partition coefficient (Wildman–Crippen LogP) is 1.76. The van der Waals surface area contributed by atoms with E-state index >= 15 is 0 Å². The molecule has 2 amide bonds. The first kappa shape index (κ1) is 24.8. The smallest absolute Gasteiger partial charge is 0.414 e. The minimum atomic E-state index is -3.36. The van der Waals surface area contributed by atoms with Gasteiger partial charge in [-0.25, -0.2) is 13.2 Å². The van der Waals surface area contributed by atoms with Crippen molar-refractivity contribution in [3.8, 4) is 0 Å². The fourth-order valence-corrected chi connectivity index (χ4v) is 4.29. The van der Waals surface area contributed by atoms with E-state index in [1.165, 1.54) is 13.8 Å². The molecular formula is C17H34N2O6S. The third kappa shape index (κ3) is 10.7. The first-order chi connectivity index (χ1) is 11.6. The highest BCUT2D eigenvalue weighted by atomic mass is 32.2. The van der Waals surface area contributed by atoms with Crippen LogP contribution in [0.15, 0.2) is 0 Å². The van der Waals surface area contributed by atoms with E-state index in [0.29, 0.717) is 6.42 Å². The zero-order valence-corrected chi connectivity index (χ0v) is 17.7. The molecule has 0 radical (unpaired) electrons.